The molecule has 0 aliphatic heterocycles. The SMILES string of the molecule is CCC(C)(C)C1CCC(CO)(NCC(F)(F)F)CC1. The summed E-state index contributed by atoms with van der Waals surface area (Å²) >= 11 is 0. The zero-order chi connectivity index (χ0) is 14.7. The van der Waals surface area contributed by atoms with Gasteiger partial charge in [0.15, 0.2) is 0 Å². The largest absolute Gasteiger partial charge is 0.401 e. The first-order valence-electron chi connectivity index (χ1n) is 7.07. The molecule has 0 heterocycles. The predicted molar refractivity (Wildman–Crippen MR) is 69.9 cm³/mol. The van der Waals surface area contributed by atoms with E-state index in [1.165, 1.54) is 0 Å². The molecule has 0 atom stereocenters. The minimum Gasteiger partial charge on any atom is -0.394 e. The average Bonchev–Trinajstić information content (AvgIpc) is 2.36. The lowest BCUT2D eigenvalue weighted by atomic mass is 9.65. The van der Waals surface area contributed by atoms with E-state index in [1.54, 1.807) is 0 Å². The zero-order valence-electron chi connectivity index (χ0n) is 12.1. The lowest BCUT2D eigenvalue weighted by molar-refractivity contribution is -0.131. The molecular weight excluding hydrogens is 255 g/mol. The molecule has 0 saturated heterocycles. The Hall–Kier alpha value is -0.290. The van der Waals surface area contributed by atoms with Gasteiger partial charge in [-0.2, -0.15) is 13.2 Å². The molecule has 1 saturated carbocycles. The maximum atomic E-state index is 12.3. The van der Waals surface area contributed by atoms with Gasteiger partial charge in [0.25, 0.3) is 0 Å². The van der Waals surface area contributed by atoms with Crippen molar-refractivity contribution in [3.05, 3.63) is 0 Å². The van der Waals surface area contributed by atoms with Crippen LogP contribution in [-0.2, 0) is 0 Å². The molecule has 0 spiro atoms. The molecule has 1 aliphatic rings. The molecule has 1 fully saturated rings. The Balaban J connectivity index is 2.57. The quantitative estimate of drug-likeness (QED) is 0.808. The standard InChI is InChI=1S/C14H26F3NO/c1-4-12(2,3)11-5-7-13(10-19,8-6-11)18-9-14(15,16)17/h11,18-19H,4-10H2,1-3H3. The van der Waals surface area contributed by atoms with Crippen LogP contribution in [0.2, 0.25) is 0 Å². The molecular formula is C14H26F3NO. The van der Waals surface area contributed by atoms with E-state index in [0.29, 0.717) is 18.8 Å². The first kappa shape index (κ1) is 16.8. The molecule has 0 bridgehead atoms. The highest BCUT2D eigenvalue weighted by Crippen LogP contribution is 2.43. The topological polar surface area (TPSA) is 32.3 Å². The van der Waals surface area contributed by atoms with Crippen molar-refractivity contribution in [2.45, 2.75) is 64.6 Å². The summed E-state index contributed by atoms with van der Waals surface area (Å²) < 4.78 is 36.9. The van der Waals surface area contributed by atoms with E-state index in [0.717, 1.165) is 19.3 Å². The minimum atomic E-state index is -4.22. The average molecular weight is 281 g/mol. The van der Waals surface area contributed by atoms with Crippen molar-refractivity contribution in [2.24, 2.45) is 11.3 Å². The van der Waals surface area contributed by atoms with Gasteiger partial charge >= 0.3 is 6.18 Å². The van der Waals surface area contributed by atoms with Crippen LogP contribution in [0.5, 0.6) is 0 Å². The van der Waals surface area contributed by atoms with Crippen LogP contribution in [-0.4, -0.2) is 30.0 Å². The number of hydrogen-bond acceptors (Lipinski definition) is 2. The highest BCUT2D eigenvalue weighted by molar-refractivity contribution is 4.95. The first-order valence-corrected chi connectivity index (χ1v) is 7.07. The first-order chi connectivity index (χ1) is 8.64. The van der Waals surface area contributed by atoms with Crippen molar-refractivity contribution >= 4 is 0 Å². The normalized spacial score (nSPS) is 29.5. The molecule has 5 heteroatoms. The third kappa shape index (κ3) is 4.63. The zero-order valence-corrected chi connectivity index (χ0v) is 12.1. The van der Waals surface area contributed by atoms with Crippen LogP contribution in [0, 0.1) is 11.3 Å². The molecule has 1 rings (SSSR count). The maximum Gasteiger partial charge on any atom is 0.401 e. The summed E-state index contributed by atoms with van der Waals surface area (Å²) in [4.78, 5) is 0. The highest BCUT2D eigenvalue weighted by Gasteiger charge is 2.41. The van der Waals surface area contributed by atoms with E-state index in [9.17, 15) is 18.3 Å². The van der Waals surface area contributed by atoms with Gasteiger partial charge in [0.2, 0.25) is 0 Å². The second kappa shape index (κ2) is 6.00. The van der Waals surface area contributed by atoms with E-state index in [1.807, 2.05) is 0 Å². The summed E-state index contributed by atoms with van der Waals surface area (Å²) in [6, 6.07) is 0. The van der Waals surface area contributed by atoms with Crippen LogP contribution in [0.15, 0.2) is 0 Å². The number of nitrogens with one attached hydrogen (secondary N) is 1. The van der Waals surface area contributed by atoms with Crippen LogP contribution in [0.3, 0.4) is 0 Å². The minimum absolute atomic E-state index is 0.220. The number of aliphatic hydroxyl groups is 1. The summed E-state index contributed by atoms with van der Waals surface area (Å²) in [5.41, 5.74) is -0.512. The smallest absolute Gasteiger partial charge is 0.394 e. The predicted octanol–water partition coefficient (Wildman–Crippen LogP) is 3.50. The van der Waals surface area contributed by atoms with Crippen LogP contribution in [0.1, 0.15) is 52.9 Å². The highest BCUT2D eigenvalue weighted by atomic mass is 19.4. The van der Waals surface area contributed by atoms with Crippen LogP contribution < -0.4 is 5.32 Å². The van der Waals surface area contributed by atoms with Gasteiger partial charge in [-0.15, -0.1) is 0 Å². The van der Waals surface area contributed by atoms with Crippen molar-refractivity contribution in [3.63, 3.8) is 0 Å². The van der Waals surface area contributed by atoms with E-state index in [-0.39, 0.29) is 12.0 Å². The van der Waals surface area contributed by atoms with Gasteiger partial charge < -0.3 is 10.4 Å². The van der Waals surface area contributed by atoms with Crippen LogP contribution >= 0.6 is 0 Å². The second-order valence-electron chi connectivity index (χ2n) is 6.52. The Kier molecular flexibility index (Phi) is 5.29. The van der Waals surface area contributed by atoms with Gasteiger partial charge in [-0.1, -0.05) is 27.2 Å². The number of rotatable bonds is 5. The maximum absolute atomic E-state index is 12.3. The lowest BCUT2D eigenvalue weighted by Gasteiger charge is -2.45. The van der Waals surface area contributed by atoms with Crippen molar-refractivity contribution in [1.29, 1.82) is 0 Å². The Bertz CT molecular complexity index is 281. The molecule has 0 aromatic rings. The molecule has 0 amide bonds. The molecule has 0 aromatic carbocycles. The third-order valence-electron chi connectivity index (χ3n) is 4.93. The van der Waals surface area contributed by atoms with Gasteiger partial charge in [-0.05, 0) is 37.0 Å². The Labute approximate surface area is 113 Å². The van der Waals surface area contributed by atoms with E-state index >= 15 is 0 Å². The van der Waals surface area contributed by atoms with Gasteiger partial charge in [-0.3, -0.25) is 0 Å². The molecule has 19 heavy (non-hydrogen) atoms. The fraction of sp³-hybridized carbons (Fsp3) is 1.00. The molecule has 0 unspecified atom stereocenters. The van der Waals surface area contributed by atoms with Gasteiger partial charge in [0.05, 0.1) is 13.2 Å². The van der Waals surface area contributed by atoms with Crippen molar-refractivity contribution in [3.8, 4) is 0 Å². The molecule has 0 radical (unpaired) electrons. The number of aliphatic hydroxyl groups excluding tert-OH is 1. The fourth-order valence-corrected chi connectivity index (χ4v) is 2.92. The van der Waals surface area contributed by atoms with E-state index < -0.39 is 18.3 Å². The Morgan fingerprint density at radius 3 is 2.11 bits per heavy atom. The second-order valence-corrected chi connectivity index (χ2v) is 6.52. The Morgan fingerprint density at radius 1 is 1.21 bits per heavy atom. The number of alkyl halides is 3. The number of halogens is 3. The fourth-order valence-electron chi connectivity index (χ4n) is 2.92. The van der Waals surface area contributed by atoms with E-state index in [2.05, 4.69) is 26.1 Å². The molecule has 0 aromatic heterocycles. The van der Waals surface area contributed by atoms with Crippen LogP contribution in [0.25, 0.3) is 0 Å². The van der Waals surface area contributed by atoms with Gasteiger partial charge in [0.1, 0.15) is 0 Å². The van der Waals surface area contributed by atoms with Gasteiger partial charge in [-0.25, -0.2) is 0 Å². The molecule has 1 aliphatic carbocycles. The van der Waals surface area contributed by atoms with Crippen molar-refractivity contribution in [1.82, 2.24) is 5.32 Å². The Morgan fingerprint density at radius 2 is 1.74 bits per heavy atom. The van der Waals surface area contributed by atoms with E-state index in [4.69, 9.17) is 0 Å². The summed E-state index contributed by atoms with van der Waals surface area (Å²) in [6.07, 6.45) is -0.151. The summed E-state index contributed by atoms with van der Waals surface area (Å²) in [6.45, 7) is 5.34. The van der Waals surface area contributed by atoms with Gasteiger partial charge in [0, 0.05) is 5.54 Å². The summed E-state index contributed by atoms with van der Waals surface area (Å²) in [5, 5.41) is 12.0. The summed E-state index contributed by atoms with van der Waals surface area (Å²) in [5.74, 6) is 0.532. The van der Waals surface area contributed by atoms with Crippen molar-refractivity contribution in [2.75, 3.05) is 13.2 Å². The lowest BCUT2D eigenvalue weighted by Crippen LogP contribution is -2.54. The molecule has 2 N–H and O–H groups in total. The number of hydrogen-bond donors (Lipinski definition) is 2. The molecule has 114 valence electrons. The van der Waals surface area contributed by atoms with Crippen LogP contribution in [0.4, 0.5) is 13.2 Å². The monoisotopic (exact) mass is 281 g/mol. The third-order valence-corrected chi connectivity index (χ3v) is 4.93. The summed E-state index contributed by atoms with van der Waals surface area (Å²) in [7, 11) is 0. The molecule has 2 nitrogen and oxygen atoms in total. The van der Waals surface area contributed by atoms with Crippen molar-refractivity contribution < 1.29 is 18.3 Å².